The van der Waals surface area contributed by atoms with E-state index in [1.54, 1.807) is 4.90 Å². The third-order valence-corrected chi connectivity index (χ3v) is 4.71. The second-order valence-corrected chi connectivity index (χ2v) is 6.05. The van der Waals surface area contributed by atoms with E-state index >= 15 is 0 Å². The van der Waals surface area contributed by atoms with Gasteiger partial charge < -0.3 is 20.3 Å². The number of rotatable bonds is 5. The Morgan fingerprint density at radius 2 is 2.09 bits per heavy atom. The van der Waals surface area contributed by atoms with E-state index < -0.39 is 11.4 Å². The molecule has 3 N–H and O–H groups in total. The van der Waals surface area contributed by atoms with E-state index in [1.165, 1.54) is 0 Å². The lowest BCUT2D eigenvalue weighted by molar-refractivity contribution is -0.148. The highest BCUT2D eigenvalue weighted by Crippen LogP contribution is 2.38. The maximum absolute atomic E-state index is 12.9. The third kappa shape index (κ3) is 2.81. The first kappa shape index (κ1) is 15.9. The molecule has 126 valence electrons. The molecule has 3 heterocycles. The van der Waals surface area contributed by atoms with Crippen LogP contribution in [0.3, 0.4) is 0 Å². The molecule has 1 unspecified atom stereocenters. The number of nitrogens with two attached hydrogens (primary N) is 1. The Bertz CT molecular complexity index is 602. The molecule has 1 aromatic heterocycles. The highest BCUT2D eigenvalue weighted by atomic mass is 16.5. The lowest BCUT2D eigenvalue weighted by Gasteiger charge is -2.44. The minimum atomic E-state index is -0.737. The molecule has 0 aliphatic carbocycles. The Morgan fingerprint density at radius 3 is 2.74 bits per heavy atom. The number of carbonyl (C=O) groups is 2. The number of aliphatic hydroxyl groups excluding tert-OH is 1. The molecule has 9 heteroatoms. The van der Waals surface area contributed by atoms with Gasteiger partial charge in [-0.05, 0) is 32.2 Å². The van der Waals surface area contributed by atoms with Gasteiger partial charge in [-0.2, -0.15) is 4.98 Å². The minimum Gasteiger partial charge on any atom is -0.395 e. The van der Waals surface area contributed by atoms with Crippen LogP contribution < -0.4 is 5.73 Å². The summed E-state index contributed by atoms with van der Waals surface area (Å²) in [5.74, 6) is -0.541. The van der Waals surface area contributed by atoms with Crippen molar-refractivity contribution in [3.05, 3.63) is 11.7 Å². The van der Waals surface area contributed by atoms with Gasteiger partial charge in [-0.15, -0.1) is 0 Å². The molecule has 9 nitrogen and oxygen atoms in total. The average molecular weight is 323 g/mol. The Kier molecular flexibility index (Phi) is 4.31. The van der Waals surface area contributed by atoms with Gasteiger partial charge in [0.15, 0.2) is 0 Å². The first-order valence-corrected chi connectivity index (χ1v) is 7.84. The molecule has 2 aliphatic rings. The number of β-amino-alcohol motifs (C(OH)–C–C–N with tert-alkyl or cyclic N) is 1. The topological polar surface area (TPSA) is 126 Å². The van der Waals surface area contributed by atoms with Crippen LogP contribution in [0.1, 0.15) is 42.2 Å². The maximum atomic E-state index is 12.9. The molecule has 0 aromatic carbocycles. The van der Waals surface area contributed by atoms with E-state index in [0.717, 1.165) is 32.2 Å². The zero-order valence-electron chi connectivity index (χ0n) is 12.9. The van der Waals surface area contributed by atoms with Crippen LogP contribution >= 0.6 is 0 Å². The van der Waals surface area contributed by atoms with Crippen LogP contribution in [-0.2, 0) is 11.3 Å². The second kappa shape index (κ2) is 6.25. The van der Waals surface area contributed by atoms with E-state index in [2.05, 4.69) is 15.0 Å². The smallest absolute Gasteiger partial charge is 0.290 e. The van der Waals surface area contributed by atoms with Crippen molar-refractivity contribution in [1.82, 2.24) is 19.9 Å². The fourth-order valence-electron chi connectivity index (χ4n) is 3.67. The zero-order valence-corrected chi connectivity index (χ0v) is 12.9. The molecule has 2 fully saturated rings. The van der Waals surface area contributed by atoms with Gasteiger partial charge in [0.1, 0.15) is 5.54 Å². The van der Waals surface area contributed by atoms with Crippen molar-refractivity contribution < 1.29 is 19.2 Å². The molecule has 2 aliphatic heterocycles. The van der Waals surface area contributed by atoms with Crippen LogP contribution in [0.5, 0.6) is 0 Å². The lowest BCUT2D eigenvalue weighted by atomic mass is 9.85. The zero-order chi connectivity index (χ0) is 16.4. The van der Waals surface area contributed by atoms with Crippen molar-refractivity contribution in [1.29, 1.82) is 0 Å². The summed E-state index contributed by atoms with van der Waals surface area (Å²) in [4.78, 5) is 31.7. The molecule has 0 bridgehead atoms. The molecular formula is C14H21N5O4. The summed E-state index contributed by atoms with van der Waals surface area (Å²) in [5, 5.41) is 12.7. The van der Waals surface area contributed by atoms with Crippen LogP contribution in [0.2, 0.25) is 0 Å². The summed E-state index contributed by atoms with van der Waals surface area (Å²) in [6.45, 7) is 2.08. The van der Waals surface area contributed by atoms with Crippen LogP contribution in [-0.4, -0.2) is 68.6 Å². The SMILES string of the molecule is NC(=O)c1noc(CN2CCCC23CCCN(CCO)C3=O)n1. The molecule has 1 spiro atoms. The number of aliphatic hydroxyl groups is 1. The minimum absolute atomic E-state index is 0.0343. The van der Waals surface area contributed by atoms with Gasteiger partial charge in [0.05, 0.1) is 13.2 Å². The average Bonchev–Trinajstić information content (AvgIpc) is 3.13. The molecule has 2 saturated heterocycles. The molecule has 0 radical (unpaired) electrons. The Morgan fingerprint density at radius 1 is 1.35 bits per heavy atom. The van der Waals surface area contributed by atoms with Gasteiger partial charge in [-0.1, -0.05) is 5.16 Å². The van der Waals surface area contributed by atoms with Crippen molar-refractivity contribution in [2.45, 2.75) is 37.8 Å². The predicted molar refractivity (Wildman–Crippen MR) is 78.1 cm³/mol. The standard InChI is InChI=1S/C14H21N5O4/c15-11(21)12-16-10(23-17-12)9-19-6-2-4-14(19)3-1-5-18(7-8-20)13(14)22/h20H,1-9H2,(H2,15,21). The van der Waals surface area contributed by atoms with Crippen LogP contribution in [0.15, 0.2) is 4.52 Å². The van der Waals surface area contributed by atoms with Crippen molar-refractivity contribution in [2.24, 2.45) is 5.73 Å². The third-order valence-electron chi connectivity index (χ3n) is 4.71. The molecule has 1 atom stereocenters. The second-order valence-electron chi connectivity index (χ2n) is 6.05. The molecular weight excluding hydrogens is 302 g/mol. The summed E-state index contributed by atoms with van der Waals surface area (Å²) in [6, 6.07) is 0. The molecule has 1 aromatic rings. The quantitative estimate of drug-likeness (QED) is 0.720. The van der Waals surface area contributed by atoms with Crippen molar-refractivity contribution in [3.63, 3.8) is 0 Å². The van der Waals surface area contributed by atoms with Crippen LogP contribution in [0.4, 0.5) is 0 Å². The molecule has 23 heavy (non-hydrogen) atoms. The van der Waals surface area contributed by atoms with E-state index in [0.29, 0.717) is 19.6 Å². The first-order chi connectivity index (χ1) is 11.1. The van der Waals surface area contributed by atoms with Crippen LogP contribution in [0.25, 0.3) is 0 Å². The van der Waals surface area contributed by atoms with E-state index in [4.69, 9.17) is 15.4 Å². The van der Waals surface area contributed by atoms with Gasteiger partial charge in [0.2, 0.25) is 11.8 Å². The number of amides is 2. The fraction of sp³-hybridized carbons (Fsp3) is 0.714. The normalized spacial score (nSPS) is 25.4. The summed E-state index contributed by atoms with van der Waals surface area (Å²) in [7, 11) is 0. The van der Waals surface area contributed by atoms with Gasteiger partial charge in [-0.3, -0.25) is 14.5 Å². The first-order valence-electron chi connectivity index (χ1n) is 7.84. The number of aromatic nitrogens is 2. The maximum Gasteiger partial charge on any atom is 0.290 e. The monoisotopic (exact) mass is 323 g/mol. The van der Waals surface area contributed by atoms with Crippen LogP contribution in [0, 0.1) is 0 Å². The number of primary amides is 1. The highest BCUT2D eigenvalue weighted by Gasteiger charge is 2.50. The number of piperidine rings is 1. The predicted octanol–water partition coefficient (Wildman–Crippen LogP) is -0.882. The largest absolute Gasteiger partial charge is 0.395 e. The van der Waals surface area contributed by atoms with E-state index in [-0.39, 0.29) is 24.2 Å². The van der Waals surface area contributed by atoms with Gasteiger partial charge >= 0.3 is 0 Å². The molecule has 2 amide bonds. The lowest BCUT2D eigenvalue weighted by Crippen LogP contribution is -2.60. The molecule has 0 saturated carbocycles. The summed E-state index contributed by atoms with van der Waals surface area (Å²) >= 11 is 0. The number of hydrogen-bond donors (Lipinski definition) is 2. The summed E-state index contributed by atoms with van der Waals surface area (Å²) in [5.41, 5.74) is 4.56. The Balaban J connectivity index is 1.78. The van der Waals surface area contributed by atoms with Crippen molar-refractivity contribution in [3.8, 4) is 0 Å². The molecule has 3 rings (SSSR count). The van der Waals surface area contributed by atoms with E-state index in [9.17, 15) is 9.59 Å². The summed E-state index contributed by atoms with van der Waals surface area (Å²) < 4.78 is 5.06. The van der Waals surface area contributed by atoms with Gasteiger partial charge in [0.25, 0.3) is 11.7 Å². The Labute approximate surface area is 133 Å². The van der Waals surface area contributed by atoms with Crippen molar-refractivity contribution >= 4 is 11.8 Å². The van der Waals surface area contributed by atoms with Crippen molar-refractivity contribution in [2.75, 3.05) is 26.2 Å². The number of nitrogens with zero attached hydrogens (tertiary/aromatic N) is 4. The number of hydrogen-bond acceptors (Lipinski definition) is 7. The number of likely N-dealkylation sites (tertiary alicyclic amines) is 2. The van der Waals surface area contributed by atoms with Gasteiger partial charge in [-0.25, -0.2) is 0 Å². The number of carbonyl (C=O) groups excluding carboxylic acids is 2. The Hall–Kier alpha value is -2.00. The van der Waals surface area contributed by atoms with Gasteiger partial charge in [0, 0.05) is 13.1 Å². The highest BCUT2D eigenvalue weighted by molar-refractivity contribution is 5.88. The fourth-order valence-corrected chi connectivity index (χ4v) is 3.67. The van der Waals surface area contributed by atoms with E-state index in [1.807, 2.05) is 0 Å². The summed E-state index contributed by atoms with van der Waals surface area (Å²) in [6.07, 6.45) is 3.38.